The minimum atomic E-state index is -3.42. The minimum Gasteiger partial charge on any atom is -0.351 e. The number of H-pyrrole nitrogens is 1. The molecule has 5 nitrogen and oxygen atoms in total. The molecule has 25 heavy (non-hydrogen) atoms. The zero-order chi connectivity index (χ0) is 17.4. The number of para-hydroxylation sites is 1. The molecule has 3 aromatic rings. The van der Waals surface area contributed by atoms with Gasteiger partial charge in [-0.15, -0.1) is 0 Å². The number of carbonyl (C=O) groups excluding carboxylic acids is 1. The Morgan fingerprint density at radius 3 is 2.52 bits per heavy atom. The maximum atomic E-state index is 12.7. The molecule has 6 heteroatoms. The van der Waals surface area contributed by atoms with Crippen molar-refractivity contribution < 1.29 is 13.2 Å². The van der Waals surface area contributed by atoms with Gasteiger partial charge in [0.15, 0.2) is 9.84 Å². The van der Waals surface area contributed by atoms with Gasteiger partial charge in [-0.1, -0.05) is 36.4 Å². The molecule has 0 spiro atoms. The van der Waals surface area contributed by atoms with E-state index in [2.05, 4.69) is 4.98 Å². The van der Waals surface area contributed by atoms with Gasteiger partial charge < -0.3 is 9.88 Å². The number of benzene rings is 2. The smallest absolute Gasteiger partial charge is 0.270 e. The summed E-state index contributed by atoms with van der Waals surface area (Å²) >= 11 is 0. The Balaban J connectivity index is 1.55. The molecule has 128 valence electrons. The van der Waals surface area contributed by atoms with Gasteiger partial charge in [0.05, 0.1) is 10.1 Å². The van der Waals surface area contributed by atoms with Crippen LogP contribution >= 0.6 is 0 Å². The van der Waals surface area contributed by atoms with Crippen molar-refractivity contribution in [1.29, 1.82) is 0 Å². The average Bonchev–Trinajstić information content (AvgIpc) is 3.29. The quantitative estimate of drug-likeness (QED) is 0.786. The third-order valence-electron chi connectivity index (χ3n) is 4.70. The predicted molar refractivity (Wildman–Crippen MR) is 96.2 cm³/mol. The topological polar surface area (TPSA) is 70.2 Å². The molecule has 0 bridgehead atoms. The molecule has 1 fully saturated rings. The van der Waals surface area contributed by atoms with Crippen molar-refractivity contribution >= 4 is 26.6 Å². The zero-order valence-electron chi connectivity index (χ0n) is 13.6. The molecule has 1 aromatic heterocycles. The summed E-state index contributed by atoms with van der Waals surface area (Å²) < 4.78 is 25.5. The third kappa shape index (κ3) is 2.82. The van der Waals surface area contributed by atoms with Gasteiger partial charge in [0.1, 0.15) is 5.69 Å². The Kier molecular flexibility index (Phi) is 3.84. The number of fused-ring (bicyclic) bond motifs is 1. The maximum Gasteiger partial charge on any atom is 0.270 e. The van der Waals surface area contributed by atoms with Gasteiger partial charge >= 0.3 is 0 Å². The SMILES string of the molecule is O=C(c1cc2ccccc2[nH]1)N1CCC(S(=O)(=O)c2ccccc2)C1. The Labute approximate surface area is 146 Å². The second kappa shape index (κ2) is 6.04. The predicted octanol–water partition coefficient (Wildman–Crippen LogP) is 2.86. The number of carbonyl (C=O) groups is 1. The molecule has 0 saturated carbocycles. The first-order chi connectivity index (χ1) is 12.1. The second-order valence-electron chi connectivity index (χ2n) is 6.29. The van der Waals surface area contributed by atoms with E-state index in [4.69, 9.17) is 0 Å². The summed E-state index contributed by atoms with van der Waals surface area (Å²) in [6, 6.07) is 17.9. The number of sulfone groups is 1. The van der Waals surface area contributed by atoms with Crippen molar-refractivity contribution in [2.75, 3.05) is 13.1 Å². The largest absolute Gasteiger partial charge is 0.351 e. The van der Waals surface area contributed by atoms with Gasteiger partial charge in [-0.2, -0.15) is 0 Å². The minimum absolute atomic E-state index is 0.151. The molecule has 1 amide bonds. The summed E-state index contributed by atoms with van der Waals surface area (Å²) in [5.41, 5.74) is 1.40. The number of nitrogens with zero attached hydrogens (tertiary/aromatic N) is 1. The highest BCUT2D eigenvalue weighted by molar-refractivity contribution is 7.92. The Bertz CT molecular complexity index is 992. The lowest BCUT2D eigenvalue weighted by atomic mass is 10.2. The third-order valence-corrected chi connectivity index (χ3v) is 6.89. The fourth-order valence-corrected chi connectivity index (χ4v) is 5.04. The molecule has 1 aliphatic heterocycles. The summed E-state index contributed by atoms with van der Waals surface area (Å²) in [7, 11) is -3.42. The van der Waals surface area contributed by atoms with E-state index in [9.17, 15) is 13.2 Å². The molecule has 1 atom stereocenters. The highest BCUT2D eigenvalue weighted by Gasteiger charge is 2.36. The van der Waals surface area contributed by atoms with Crippen molar-refractivity contribution in [1.82, 2.24) is 9.88 Å². The number of nitrogens with one attached hydrogen (secondary N) is 1. The Hall–Kier alpha value is -2.60. The van der Waals surface area contributed by atoms with E-state index >= 15 is 0 Å². The van der Waals surface area contributed by atoms with Crippen LogP contribution in [0.25, 0.3) is 10.9 Å². The van der Waals surface area contributed by atoms with Crippen LogP contribution in [0, 0.1) is 0 Å². The van der Waals surface area contributed by atoms with E-state index in [1.54, 1.807) is 35.2 Å². The van der Waals surface area contributed by atoms with Crippen LogP contribution in [0.15, 0.2) is 65.6 Å². The lowest BCUT2D eigenvalue weighted by Gasteiger charge is -2.16. The molecule has 2 aromatic carbocycles. The lowest BCUT2D eigenvalue weighted by Crippen LogP contribution is -2.32. The van der Waals surface area contributed by atoms with Crippen molar-refractivity contribution in [3.8, 4) is 0 Å². The summed E-state index contributed by atoms with van der Waals surface area (Å²) in [6.07, 6.45) is 0.462. The molecule has 0 aliphatic carbocycles. The Morgan fingerprint density at radius 2 is 1.76 bits per heavy atom. The molecule has 1 aliphatic rings. The first kappa shape index (κ1) is 15.9. The first-order valence-electron chi connectivity index (χ1n) is 8.22. The summed E-state index contributed by atoms with van der Waals surface area (Å²) in [6.45, 7) is 0.677. The number of likely N-dealkylation sites (tertiary alicyclic amines) is 1. The van der Waals surface area contributed by atoms with Crippen LogP contribution in [0.4, 0.5) is 0 Å². The van der Waals surface area contributed by atoms with E-state index < -0.39 is 15.1 Å². The van der Waals surface area contributed by atoms with Crippen LogP contribution in [-0.2, 0) is 9.84 Å². The molecule has 1 saturated heterocycles. The highest BCUT2D eigenvalue weighted by atomic mass is 32.2. The average molecular weight is 354 g/mol. The van der Waals surface area contributed by atoms with Crippen molar-refractivity contribution in [2.45, 2.75) is 16.6 Å². The summed E-state index contributed by atoms with van der Waals surface area (Å²) in [5.74, 6) is -0.151. The van der Waals surface area contributed by atoms with Crippen LogP contribution in [0.3, 0.4) is 0 Å². The van der Waals surface area contributed by atoms with E-state index in [-0.39, 0.29) is 12.5 Å². The Morgan fingerprint density at radius 1 is 1.04 bits per heavy atom. The second-order valence-corrected chi connectivity index (χ2v) is 8.52. The maximum absolute atomic E-state index is 12.7. The van der Waals surface area contributed by atoms with Gasteiger partial charge in [0, 0.05) is 24.0 Å². The molecular weight excluding hydrogens is 336 g/mol. The molecular formula is C19H18N2O3S. The van der Waals surface area contributed by atoms with Crippen LogP contribution in [-0.4, -0.2) is 42.5 Å². The molecule has 1 N–H and O–H groups in total. The fourth-order valence-electron chi connectivity index (χ4n) is 3.33. The van der Waals surface area contributed by atoms with Crippen LogP contribution < -0.4 is 0 Å². The van der Waals surface area contributed by atoms with E-state index in [1.807, 2.05) is 30.3 Å². The zero-order valence-corrected chi connectivity index (χ0v) is 14.4. The van der Waals surface area contributed by atoms with Gasteiger partial charge in [0.25, 0.3) is 5.91 Å². The van der Waals surface area contributed by atoms with Gasteiger partial charge in [-0.3, -0.25) is 4.79 Å². The van der Waals surface area contributed by atoms with E-state index in [0.717, 1.165) is 10.9 Å². The molecule has 4 rings (SSSR count). The first-order valence-corrected chi connectivity index (χ1v) is 9.76. The normalized spacial score (nSPS) is 17.9. The van der Waals surface area contributed by atoms with Crippen molar-refractivity contribution in [2.24, 2.45) is 0 Å². The number of aromatic nitrogens is 1. The van der Waals surface area contributed by atoms with Crippen molar-refractivity contribution in [3.05, 3.63) is 66.4 Å². The molecule has 1 unspecified atom stereocenters. The molecule has 2 heterocycles. The van der Waals surface area contributed by atoms with Gasteiger partial charge in [0.2, 0.25) is 0 Å². The number of amides is 1. The lowest BCUT2D eigenvalue weighted by molar-refractivity contribution is 0.0788. The van der Waals surface area contributed by atoms with Crippen LogP contribution in [0.5, 0.6) is 0 Å². The number of rotatable bonds is 3. The fraction of sp³-hybridized carbons (Fsp3) is 0.211. The summed E-state index contributed by atoms with van der Waals surface area (Å²) in [4.78, 5) is 17.8. The summed E-state index contributed by atoms with van der Waals surface area (Å²) in [5, 5.41) is 0.418. The van der Waals surface area contributed by atoms with Gasteiger partial charge in [-0.05, 0) is 30.7 Å². The number of aromatic amines is 1. The van der Waals surface area contributed by atoms with Gasteiger partial charge in [-0.25, -0.2) is 8.42 Å². The standard InChI is InChI=1S/C19H18N2O3S/c22-19(18-12-14-6-4-5-9-17(14)20-18)21-11-10-16(13-21)25(23,24)15-7-2-1-3-8-15/h1-9,12,16,20H,10-11,13H2. The van der Waals surface area contributed by atoms with Crippen molar-refractivity contribution in [3.63, 3.8) is 0 Å². The van der Waals surface area contributed by atoms with Crippen LogP contribution in [0.2, 0.25) is 0 Å². The monoisotopic (exact) mass is 354 g/mol. The highest BCUT2D eigenvalue weighted by Crippen LogP contribution is 2.25. The van der Waals surface area contributed by atoms with Crippen LogP contribution in [0.1, 0.15) is 16.9 Å². The van der Waals surface area contributed by atoms with E-state index in [1.165, 1.54) is 0 Å². The number of hydrogen-bond acceptors (Lipinski definition) is 3. The molecule has 0 radical (unpaired) electrons. The van der Waals surface area contributed by atoms with E-state index in [0.29, 0.717) is 23.6 Å². The number of hydrogen-bond donors (Lipinski definition) is 1.